The van der Waals surface area contributed by atoms with Crippen molar-refractivity contribution in [2.45, 2.75) is 26.3 Å². The number of nitrogens with two attached hydrogens (primary N) is 1. The molecular formula is C17H19BrClN5O2. The van der Waals surface area contributed by atoms with Crippen LogP contribution in [-0.4, -0.2) is 33.2 Å². The third-order valence-corrected chi connectivity index (χ3v) is 5.01. The third kappa shape index (κ3) is 3.71. The van der Waals surface area contributed by atoms with Crippen LogP contribution in [0.5, 0.6) is 11.5 Å². The minimum absolute atomic E-state index is 0.112. The van der Waals surface area contributed by atoms with Gasteiger partial charge in [0.1, 0.15) is 5.52 Å². The lowest BCUT2D eigenvalue weighted by Crippen LogP contribution is -2.05. The molecule has 0 radical (unpaired) electrons. The molecule has 2 heterocycles. The zero-order valence-electron chi connectivity index (χ0n) is 14.5. The number of rotatable bonds is 7. The number of nitrogen functional groups attached to an aromatic ring is 1. The highest BCUT2D eigenvalue weighted by atomic mass is 79.9. The maximum Gasteiger partial charge on any atom is 0.223 e. The van der Waals surface area contributed by atoms with Gasteiger partial charge in [0.2, 0.25) is 5.95 Å². The molecule has 0 aliphatic carbocycles. The Balaban J connectivity index is 1.93. The van der Waals surface area contributed by atoms with Crippen LogP contribution in [0.1, 0.15) is 25.3 Å². The Labute approximate surface area is 164 Å². The van der Waals surface area contributed by atoms with Gasteiger partial charge in [-0.1, -0.05) is 31.0 Å². The monoisotopic (exact) mass is 439 g/mol. The van der Waals surface area contributed by atoms with Gasteiger partial charge in [-0.2, -0.15) is 9.97 Å². The first-order valence-corrected chi connectivity index (χ1v) is 9.34. The summed E-state index contributed by atoms with van der Waals surface area (Å²) in [6.45, 7) is 3.28. The van der Waals surface area contributed by atoms with Gasteiger partial charge in [-0.3, -0.25) is 0 Å². The number of hydrogen-bond donors (Lipinski definition) is 1. The van der Waals surface area contributed by atoms with E-state index in [1.165, 1.54) is 0 Å². The number of methoxy groups -OCH3 is 1. The molecule has 0 spiro atoms. The molecule has 2 N–H and O–H groups in total. The summed E-state index contributed by atoms with van der Waals surface area (Å²) in [6, 6.07) is 3.88. The van der Waals surface area contributed by atoms with E-state index in [2.05, 4.69) is 37.8 Å². The molecule has 0 fully saturated rings. The average Bonchev–Trinajstić information content (AvgIpc) is 3.00. The molecule has 3 aromatic rings. The molecule has 3 rings (SSSR count). The molecule has 26 heavy (non-hydrogen) atoms. The molecule has 0 saturated carbocycles. The second kappa shape index (κ2) is 8.09. The van der Waals surface area contributed by atoms with E-state index in [-0.39, 0.29) is 11.1 Å². The van der Waals surface area contributed by atoms with Gasteiger partial charge in [0.05, 0.1) is 31.1 Å². The molecule has 0 atom stereocenters. The number of benzene rings is 1. The summed E-state index contributed by atoms with van der Waals surface area (Å²) in [5.41, 5.74) is 7.79. The van der Waals surface area contributed by atoms with E-state index in [4.69, 9.17) is 26.8 Å². The van der Waals surface area contributed by atoms with E-state index in [0.717, 1.165) is 22.9 Å². The fourth-order valence-corrected chi connectivity index (χ4v) is 3.39. The predicted octanol–water partition coefficient (Wildman–Crippen LogP) is 4.06. The first kappa shape index (κ1) is 18.7. The number of halogens is 2. The molecule has 7 nitrogen and oxygen atoms in total. The summed E-state index contributed by atoms with van der Waals surface area (Å²) < 4.78 is 14.0. The maximum absolute atomic E-state index is 6.09. The maximum atomic E-state index is 6.09. The van der Waals surface area contributed by atoms with Crippen LogP contribution in [0.2, 0.25) is 5.15 Å². The molecule has 0 bridgehead atoms. The van der Waals surface area contributed by atoms with Crippen LogP contribution in [0.3, 0.4) is 0 Å². The van der Waals surface area contributed by atoms with Crippen molar-refractivity contribution >= 4 is 44.6 Å². The lowest BCUT2D eigenvalue weighted by atomic mass is 10.2. The first-order chi connectivity index (χ1) is 12.5. The Morgan fingerprint density at radius 1 is 1.31 bits per heavy atom. The number of anilines is 1. The minimum atomic E-state index is 0.112. The van der Waals surface area contributed by atoms with Crippen molar-refractivity contribution in [3.05, 3.63) is 33.6 Å². The number of hydrogen-bond acceptors (Lipinski definition) is 6. The highest BCUT2D eigenvalue weighted by Crippen LogP contribution is 2.38. The fourth-order valence-electron chi connectivity index (χ4n) is 2.56. The number of nitrogens with zero attached hydrogens (tertiary/aromatic N) is 4. The summed E-state index contributed by atoms with van der Waals surface area (Å²) in [7, 11) is 1.62. The first-order valence-electron chi connectivity index (χ1n) is 8.17. The number of imidazole rings is 1. The van der Waals surface area contributed by atoms with Crippen molar-refractivity contribution in [3.63, 3.8) is 0 Å². The van der Waals surface area contributed by atoms with E-state index in [9.17, 15) is 0 Å². The second-order valence-corrected chi connectivity index (χ2v) is 6.84. The molecular weight excluding hydrogens is 422 g/mol. The van der Waals surface area contributed by atoms with Crippen LogP contribution in [0.25, 0.3) is 11.2 Å². The number of ether oxygens (including phenoxy) is 2. The van der Waals surface area contributed by atoms with Gasteiger partial charge in [-0.05, 0) is 34.0 Å². The Morgan fingerprint density at radius 3 is 2.85 bits per heavy atom. The van der Waals surface area contributed by atoms with Gasteiger partial charge in [0, 0.05) is 0 Å². The van der Waals surface area contributed by atoms with Crippen molar-refractivity contribution in [2.24, 2.45) is 0 Å². The van der Waals surface area contributed by atoms with Gasteiger partial charge in [-0.25, -0.2) is 4.98 Å². The molecule has 0 unspecified atom stereocenters. The third-order valence-electron chi connectivity index (χ3n) is 3.88. The lowest BCUT2D eigenvalue weighted by molar-refractivity contribution is 0.287. The van der Waals surface area contributed by atoms with Gasteiger partial charge < -0.3 is 19.8 Å². The zero-order valence-corrected chi connectivity index (χ0v) is 16.8. The number of unbranched alkanes of at least 4 members (excludes halogenated alkanes) is 1. The van der Waals surface area contributed by atoms with Gasteiger partial charge in [-0.15, -0.1) is 0 Å². The Morgan fingerprint density at radius 2 is 2.12 bits per heavy atom. The standard InChI is InChI=1S/C17H19BrClN5O2/c1-3-4-7-26-11-6-5-10(12(18)14(11)25-2)8-24-9-21-13-15(19)22-17(20)23-16(13)24/h5-6,9H,3-4,7-8H2,1-2H3,(H2,20,22,23). The quantitative estimate of drug-likeness (QED) is 0.440. The largest absolute Gasteiger partial charge is 0.492 e. The van der Waals surface area contributed by atoms with Crippen molar-refractivity contribution in [1.82, 2.24) is 19.5 Å². The smallest absolute Gasteiger partial charge is 0.223 e. The molecule has 1 aromatic carbocycles. The SMILES string of the molecule is CCCCOc1ccc(Cn2cnc3c(Cl)nc(N)nc32)c(Br)c1OC. The molecule has 9 heteroatoms. The zero-order chi connectivity index (χ0) is 18.7. The normalized spacial score (nSPS) is 11.1. The average molecular weight is 441 g/mol. The van der Waals surface area contributed by atoms with E-state index >= 15 is 0 Å². The van der Waals surface area contributed by atoms with Crippen LogP contribution in [-0.2, 0) is 6.54 Å². The fraction of sp³-hybridized carbons (Fsp3) is 0.353. The van der Waals surface area contributed by atoms with E-state index in [0.29, 0.717) is 35.8 Å². The number of aromatic nitrogens is 4. The molecule has 0 aliphatic heterocycles. The van der Waals surface area contributed by atoms with Crippen LogP contribution in [0, 0.1) is 0 Å². The van der Waals surface area contributed by atoms with Crippen molar-refractivity contribution in [3.8, 4) is 11.5 Å². The van der Waals surface area contributed by atoms with Crippen molar-refractivity contribution in [1.29, 1.82) is 0 Å². The summed E-state index contributed by atoms with van der Waals surface area (Å²) in [5.74, 6) is 1.48. The highest BCUT2D eigenvalue weighted by molar-refractivity contribution is 9.10. The van der Waals surface area contributed by atoms with Crippen LogP contribution in [0.15, 0.2) is 22.9 Å². The molecule has 2 aromatic heterocycles. The van der Waals surface area contributed by atoms with E-state index in [1.807, 2.05) is 16.7 Å². The van der Waals surface area contributed by atoms with Gasteiger partial charge in [0.15, 0.2) is 22.3 Å². The lowest BCUT2D eigenvalue weighted by Gasteiger charge is -2.15. The van der Waals surface area contributed by atoms with Gasteiger partial charge >= 0.3 is 0 Å². The summed E-state index contributed by atoms with van der Waals surface area (Å²) in [5, 5.41) is 0.238. The molecule has 0 aliphatic rings. The second-order valence-electron chi connectivity index (χ2n) is 5.69. The van der Waals surface area contributed by atoms with Crippen LogP contribution < -0.4 is 15.2 Å². The van der Waals surface area contributed by atoms with Crippen molar-refractivity contribution in [2.75, 3.05) is 19.5 Å². The van der Waals surface area contributed by atoms with Gasteiger partial charge in [0.25, 0.3) is 0 Å². The summed E-state index contributed by atoms with van der Waals surface area (Å²) in [6.07, 6.45) is 3.73. The van der Waals surface area contributed by atoms with E-state index in [1.54, 1.807) is 13.4 Å². The molecule has 0 amide bonds. The van der Waals surface area contributed by atoms with Crippen LogP contribution >= 0.6 is 27.5 Å². The highest BCUT2D eigenvalue weighted by Gasteiger charge is 2.16. The number of fused-ring (bicyclic) bond motifs is 1. The minimum Gasteiger partial charge on any atom is -0.492 e. The molecule has 138 valence electrons. The topological polar surface area (TPSA) is 88.1 Å². The Hall–Kier alpha value is -2.06. The van der Waals surface area contributed by atoms with E-state index < -0.39 is 0 Å². The van der Waals surface area contributed by atoms with Crippen LogP contribution in [0.4, 0.5) is 5.95 Å². The Bertz CT molecular complexity index is 931. The Kier molecular flexibility index (Phi) is 5.83. The summed E-state index contributed by atoms with van der Waals surface area (Å²) in [4.78, 5) is 12.4. The molecule has 0 saturated heterocycles. The predicted molar refractivity (Wildman–Crippen MR) is 105 cm³/mol. The van der Waals surface area contributed by atoms with Crippen molar-refractivity contribution < 1.29 is 9.47 Å². The summed E-state index contributed by atoms with van der Waals surface area (Å²) >= 11 is 9.70.